The number of hydrogen-bond donors (Lipinski definition) is 1. The Labute approximate surface area is 200 Å². The minimum absolute atomic E-state index is 0.0758. The number of nitrogens with zero attached hydrogens (tertiary/aromatic N) is 4. The molecule has 0 aliphatic carbocycles. The quantitative estimate of drug-likeness (QED) is 0.580. The highest BCUT2D eigenvalue weighted by Gasteiger charge is 2.22. The molecule has 1 fully saturated rings. The van der Waals surface area contributed by atoms with Crippen LogP contribution in [0.4, 0.5) is 0 Å². The van der Waals surface area contributed by atoms with Gasteiger partial charge >= 0.3 is 0 Å². The molecule has 0 bridgehead atoms. The van der Waals surface area contributed by atoms with Gasteiger partial charge in [0.05, 0.1) is 7.11 Å². The normalized spacial score (nSPS) is 17.3. The number of hydrogen-bond acceptors (Lipinski definition) is 6. The molecule has 2 aromatic carbocycles. The van der Waals surface area contributed by atoms with E-state index < -0.39 is 0 Å². The van der Waals surface area contributed by atoms with E-state index in [-0.39, 0.29) is 11.8 Å². The maximum atomic E-state index is 12.4. The van der Waals surface area contributed by atoms with Gasteiger partial charge in [-0.1, -0.05) is 30.3 Å². The zero-order chi connectivity index (χ0) is 23.3. The maximum Gasteiger partial charge on any atom is 0.223 e. The highest BCUT2D eigenvalue weighted by atomic mass is 16.5. The van der Waals surface area contributed by atoms with Gasteiger partial charge in [-0.15, -0.1) is 10.2 Å². The summed E-state index contributed by atoms with van der Waals surface area (Å²) in [4.78, 5) is 14.9. The molecule has 2 aliphatic rings. The number of nitrogens with one attached hydrogen (secondary N) is 1. The van der Waals surface area contributed by atoms with Gasteiger partial charge in [0.25, 0.3) is 0 Å². The van der Waals surface area contributed by atoms with Crippen LogP contribution in [0.3, 0.4) is 0 Å². The Morgan fingerprint density at radius 2 is 1.91 bits per heavy atom. The fraction of sp³-hybridized carbons (Fsp3) is 0.500. The van der Waals surface area contributed by atoms with Crippen molar-refractivity contribution in [2.75, 3.05) is 40.0 Å². The number of amides is 1. The summed E-state index contributed by atoms with van der Waals surface area (Å²) >= 11 is 0. The van der Waals surface area contributed by atoms with Crippen molar-refractivity contribution in [3.05, 3.63) is 53.6 Å². The summed E-state index contributed by atoms with van der Waals surface area (Å²) in [6.07, 6.45) is 3.19. The Hall–Kier alpha value is -2.97. The highest BCUT2D eigenvalue weighted by Crippen LogP contribution is 2.29. The van der Waals surface area contributed by atoms with Gasteiger partial charge in [0.2, 0.25) is 5.91 Å². The van der Waals surface area contributed by atoms with Gasteiger partial charge in [-0.25, -0.2) is 0 Å². The van der Waals surface area contributed by atoms with E-state index in [1.807, 2.05) is 0 Å². The number of fused-ring (bicyclic) bond motifs is 2. The molecule has 1 N–H and O–H groups in total. The predicted octanol–water partition coefficient (Wildman–Crippen LogP) is 2.58. The molecule has 0 radical (unpaired) electrons. The third kappa shape index (κ3) is 4.93. The average Bonchev–Trinajstić information content (AvgIpc) is 3.16. The van der Waals surface area contributed by atoms with Gasteiger partial charge in [0, 0.05) is 70.1 Å². The Morgan fingerprint density at radius 3 is 2.74 bits per heavy atom. The third-order valence-corrected chi connectivity index (χ3v) is 7.02. The Balaban J connectivity index is 1.19. The SMILES string of the molecule is COc1ccc(CN2CCc3nnc(CCNC(=O)C4CCOCC4)n3CC2)c2ccccc12. The van der Waals surface area contributed by atoms with Crippen molar-refractivity contribution in [3.63, 3.8) is 0 Å². The van der Waals surface area contributed by atoms with Crippen LogP contribution in [0.25, 0.3) is 10.8 Å². The van der Waals surface area contributed by atoms with E-state index in [1.165, 1.54) is 10.9 Å². The first-order chi connectivity index (χ1) is 16.7. The molecule has 1 amide bonds. The van der Waals surface area contributed by atoms with Crippen LogP contribution in [0.1, 0.15) is 30.1 Å². The molecule has 1 aromatic heterocycles. The molecule has 0 unspecified atom stereocenters. The molecule has 8 nitrogen and oxygen atoms in total. The van der Waals surface area contributed by atoms with E-state index in [9.17, 15) is 4.79 Å². The van der Waals surface area contributed by atoms with E-state index in [4.69, 9.17) is 9.47 Å². The molecule has 8 heteroatoms. The maximum absolute atomic E-state index is 12.4. The molecular weight excluding hydrogens is 430 g/mol. The molecule has 5 rings (SSSR count). The first-order valence-corrected chi connectivity index (χ1v) is 12.3. The fourth-order valence-electron chi connectivity index (χ4n) is 5.06. The van der Waals surface area contributed by atoms with Crippen molar-refractivity contribution < 1.29 is 14.3 Å². The largest absolute Gasteiger partial charge is 0.496 e. The van der Waals surface area contributed by atoms with Crippen molar-refractivity contribution in [1.82, 2.24) is 25.0 Å². The predicted molar refractivity (Wildman–Crippen MR) is 130 cm³/mol. The molecule has 0 atom stereocenters. The standard InChI is InChI=1S/C26H33N5O3/c1-33-23-7-6-20(21-4-2-3-5-22(21)23)18-30-13-9-25-29-28-24(31(25)15-14-30)8-12-27-26(32)19-10-16-34-17-11-19/h2-7,19H,8-18H2,1H3,(H,27,32). The smallest absolute Gasteiger partial charge is 0.223 e. The van der Waals surface area contributed by atoms with Crippen LogP contribution < -0.4 is 10.1 Å². The van der Waals surface area contributed by atoms with Gasteiger partial charge in [-0.3, -0.25) is 9.69 Å². The number of carbonyl (C=O) groups is 1. The molecule has 0 spiro atoms. The molecule has 3 heterocycles. The first kappa shape index (κ1) is 22.8. The Morgan fingerprint density at radius 1 is 1.09 bits per heavy atom. The number of carbonyl (C=O) groups excluding carboxylic acids is 1. The van der Waals surface area contributed by atoms with Crippen molar-refractivity contribution in [2.45, 2.75) is 38.8 Å². The summed E-state index contributed by atoms with van der Waals surface area (Å²) in [7, 11) is 1.72. The number of benzene rings is 2. The lowest BCUT2D eigenvalue weighted by molar-refractivity contribution is -0.127. The lowest BCUT2D eigenvalue weighted by Gasteiger charge is -2.21. The number of rotatable bonds is 7. The van der Waals surface area contributed by atoms with Gasteiger partial charge < -0.3 is 19.4 Å². The van der Waals surface area contributed by atoms with Crippen LogP contribution in [0.2, 0.25) is 0 Å². The second-order valence-corrected chi connectivity index (χ2v) is 9.11. The average molecular weight is 464 g/mol. The molecule has 34 heavy (non-hydrogen) atoms. The summed E-state index contributed by atoms with van der Waals surface area (Å²) in [6.45, 7) is 5.58. The Bertz CT molecular complexity index is 1140. The minimum atomic E-state index is 0.0758. The minimum Gasteiger partial charge on any atom is -0.496 e. The van der Waals surface area contributed by atoms with Gasteiger partial charge in [-0.05, 0) is 29.9 Å². The first-order valence-electron chi connectivity index (χ1n) is 12.3. The van der Waals surface area contributed by atoms with Gasteiger partial charge in [0.15, 0.2) is 0 Å². The zero-order valence-corrected chi connectivity index (χ0v) is 19.8. The molecule has 3 aromatic rings. The van der Waals surface area contributed by atoms with Gasteiger partial charge in [0.1, 0.15) is 17.4 Å². The second kappa shape index (κ2) is 10.5. The molecule has 1 saturated heterocycles. The van der Waals surface area contributed by atoms with E-state index in [0.717, 1.165) is 68.2 Å². The zero-order valence-electron chi connectivity index (χ0n) is 19.8. The third-order valence-electron chi connectivity index (χ3n) is 7.02. The summed E-state index contributed by atoms with van der Waals surface area (Å²) in [6, 6.07) is 12.7. The summed E-state index contributed by atoms with van der Waals surface area (Å²) < 4.78 is 13.2. The topological polar surface area (TPSA) is 81.5 Å². The number of methoxy groups -OCH3 is 1. The molecule has 0 saturated carbocycles. The second-order valence-electron chi connectivity index (χ2n) is 9.11. The fourth-order valence-corrected chi connectivity index (χ4v) is 5.06. The lowest BCUT2D eigenvalue weighted by Crippen LogP contribution is -2.35. The monoisotopic (exact) mass is 463 g/mol. The van der Waals surface area contributed by atoms with E-state index in [0.29, 0.717) is 26.2 Å². The van der Waals surface area contributed by atoms with E-state index >= 15 is 0 Å². The summed E-state index contributed by atoms with van der Waals surface area (Å²) in [5.41, 5.74) is 1.31. The van der Waals surface area contributed by atoms with Crippen LogP contribution >= 0.6 is 0 Å². The van der Waals surface area contributed by atoms with Gasteiger partial charge in [-0.2, -0.15) is 0 Å². The van der Waals surface area contributed by atoms with E-state index in [2.05, 4.69) is 61.4 Å². The van der Waals surface area contributed by atoms with Crippen molar-refractivity contribution in [3.8, 4) is 5.75 Å². The van der Waals surface area contributed by atoms with E-state index in [1.54, 1.807) is 7.11 Å². The number of aromatic nitrogens is 3. The van der Waals surface area contributed by atoms with Crippen molar-refractivity contribution >= 4 is 16.7 Å². The molecule has 2 aliphatic heterocycles. The lowest BCUT2D eigenvalue weighted by atomic mass is 9.99. The molecular formula is C26H33N5O3. The van der Waals surface area contributed by atoms with Crippen LogP contribution in [0, 0.1) is 5.92 Å². The highest BCUT2D eigenvalue weighted by molar-refractivity contribution is 5.91. The van der Waals surface area contributed by atoms with Crippen LogP contribution in [-0.4, -0.2) is 65.5 Å². The van der Waals surface area contributed by atoms with Crippen LogP contribution in [0.5, 0.6) is 5.75 Å². The van der Waals surface area contributed by atoms with Crippen LogP contribution in [0.15, 0.2) is 36.4 Å². The molecule has 180 valence electrons. The summed E-state index contributed by atoms with van der Waals surface area (Å²) in [5, 5.41) is 14.4. The summed E-state index contributed by atoms with van der Waals surface area (Å²) in [5.74, 6) is 3.12. The van der Waals surface area contributed by atoms with Crippen LogP contribution in [-0.2, 0) is 35.5 Å². The van der Waals surface area contributed by atoms with Crippen molar-refractivity contribution in [1.29, 1.82) is 0 Å². The Kier molecular flexibility index (Phi) is 7.06. The number of ether oxygens (including phenoxy) is 2. The van der Waals surface area contributed by atoms with Crippen molar-refractivity contribution in [2.24, 2.45) is 5.92 Å².